The van der Waals surface area contributed by atoms with Crippen molar-refractivity contribution < 1.29 is 14.3 Å². The van der Waals surface area contributed by atoms with Gasteiger partial charge in [0, 0.05) is 11.2 Å². The third-order valence-electron chi connectivity index (χ3n) is 6.48. The number of carbonyl (C=O) groups excluding carboxylic acids is 1. The predicted octanol–water partition coefficient (Wildman–Crippen LogP) is 5.33. The average Bonchev–Trinajstić information content (AvgIpc) is 3.45. The van der Waals surface area contributed by atoms with Gasteiger partial charge in [0.25, 0.3) is 5.91 Å². The molecule has 0 radical (unpaired) electrons. The number of halogens is 1. The number of amides is 1. The van der Waals surface area contributed by atoms with Gasteiger partial charge in [-0.05, 0) is 68.2 Å². The fourth-order valence-corrected chi connectivity index (χ4v) is 4.98. The van der Waals surface area contributed by atoms with E-state index in [0.717, 1.165) is 35.3 Å². The minimum absolute atomic E-state index is 0.0240. The van der Waals surface area contributed by atoms with Crippen LogP contribution in [0.5, 0.6) is 5.75 Å². The maximum atomic E-state index is 13.5. The van der Waals surface area contributed by atoms with Crippen LogP contribution < -0.4 is 4.74 Å². The first-order valence-corrected chi connectivity index (χ1v) is 11.5. The van der Waals surface area contributed by atoms with Crippen molar-refractivity contribution in [1.82, 2.24) is 14.5 Å². The lowest BCUT2D eigenvalue weighted by molar-refractivity contribution is -0.144. The first-order valence-electron chi connectivity index (χ1n) is 11.1. The molecule has 0 bridgehead atoms. The second kappa shape index (κ2) is 8.60. The third-order valence-corrected chi connectivity index (χ3v) is 6.73. The summed E-state index contributed by atoms with van der Waals surface area (Å²) in [5.74, 6) is 0.966. The van der Waals surface area contributed by atoms with Crippen LogP contribution >= 0.6 is 11.6 Å². The lowest BCUT2D eigenvalue weighted by Crippen LogP contribution is -2.49. The summed E-state index contributed by atoms with van der Waals surface area (Å²) in [4.78, 5) is 19.8. The predicted molar refractivity (Wildman–Crippen MR) is 127 cm³/mol. The summed E-state index contributed by atoms with van der Waals surface area (Å²) in [5, 5.41) is 0.693. The molecule has 0 aliphatic carbocycles. The quantitative estimate of drug-likeness (QED) is 0.490. The van der Waals surface area contributed by atoms with E-state index in [-0.39, 0.29) is 24.1 Å². The molecule has 1 amide bonds. The molecule has 6 nitrogen and oxygen atoms in total. The van der Waals surface area contributed by atoms with Gasteiger partial charge in [-0.25, -0.2) is 4.98 Å². The van der Waals surface area contributed by atoms with Crippen molar-refractivity contribution in [3.8, 4) is 11.4 Å². The van der Waals surface area contributed by atoms with Gasteiger partial charge in [0.05, 0.1) is 36.9 Å². The van der Waals surface area contributed by atoms with Crippen LogP contribution in [-0.4, -0.2) is 39.6 Å². The molecule has 2 aromatic carbocycles. The van der Waals surface area contributed by atoms with E-state index in [0.29, 0.717) is 16.5 Å². The molecular weight excluding hydrogens is 438 g/mol. The fraction of sp³-hybridized carbons (Fsp3) is 0.308. The van der Waals surface area contributed by atoms with Crippen LogP contribution in [0.1, 0.15) is 42.6 Å². The summed E-state index contributed by atoms with van der Waals surface area (Å²) in [6, 6.07) is 13.7. The van der Waals surface area contributed by atoms with Crippen LogP contribution in [0.4, 0.5) is 0 Å². The second-order valence-electron chi connectivity index (χ2n) is 8.61. The minimum Gasteiger partial charge on any atom is -0.495 e. The van der Waals surface area contributed by atoms with E-state index in [1.807, 2.05) is 72.0 Å². The summed E-state index contributed by atoms with van der Waals surface area (Å²) >= 11 is 6.07. The van der Waals surface area contributed by atoms with Crippen LogP contribution in [0, 0.1) is 6.92 Å². The summed E-state index contributed by atoms with van der Waals surface area (Å²) < 4.78 is 13.6. The number of carbonyl (C=O) groups is 1. The Bertz CT molecular complexity index is 1220. The minimum atomic E-state index is -0.0821. The maximum Gasteiger partial charge on any atom is 0.289 e. The summed E-state index contributed by atoms with van der Waals surface area (Å²) in [7, 11) is 1.63. The number of nitrogens with zero attached hydrogens (tertiary/aromatic N) is 3. The van der Waals surface area contributed by atoms with Crippen molar-refractivity contribution in [3.05, 3.63) is 82.6 Å². The Morgan fingerprint density at radius 2 is 1.97 bits per heavy atom. The van der Waals surface area contributed by atoms with E-state index in [1.165, 1.54) is 0 Å². The van der Waals surface area contributed by atoms with E-state index >= 15 is 0 Å². The lowest BCUT2D eigenvalue weighted by atomic mass is 10.0. The number of morpholine rings is 1. The Kier molecular flexibility index (Phi) is 5.62. The molecule has 2 saturated heterocycles. The number of methoxy groups -OCH3 is 1. The van der Waals surface area contributed by atoms with Crippen molar-refractivity contribution in [2.45, 2.75) is 44.9 Å². The van der Waals surface area contributed by atoms with Crippen LogP contribution in [0.3, 0.4) is 0 Å². The molecule has 0 saturated carbocycles. The topological polar surface area (TPSA) is 56.6 Å². The van der Waals surface area contributed by atoms with Crippen molar-refractivity contribution >= 4 is 23.6 Å². The number of rotatable bonds is 4. The number of hydrogen-bond donors (Lipinski definition) is 0. The molecule has 7 heteroatoms. The molecule has 0 N–H and O–H groups in total. The Labute approximate surface area is 198 Å². The number of benzene rings is 2. The van der Waals surface area contributed by atoms with Crippen molar-refractivity contribution in [1.29, 1.82) is 0 Å². The number of fused-ring (bicyclic) bond motifs is 1. The zero-order chi connectivity index (χ0) is 23.1. The molecule has 2 unspecified atom stereocenters. The number of hydrogen-bond acceptors (Lipinski definition) is 4. The Morgan fingerprint density at radius 1 is 1.18 bits per heavy atom. The van der Waals surface area contributed by atoms with Gasteiger partial charge >= 0.3 is 0 Å². The van der Waals surface area contributed by atoms with Crippen LogP contribution in [0.25, 0.3) is 11.8 Å². The van der Waals surface area contributed by atoms with Crippen molar-refractivity contribution in [3.63, 3.8) is 0 Å². The summed E-state index contributed by atoms with van der Waals surface area (Å²) in [5.41, 5.74) is 3.75. The van der Waals surface area contributed by atoms with Gasteiger partial charge in [-0.2, -0.15) is 0 Å². The lowest BCUT2D eigenvalue weighted by Gasteiger charge is -2.39. The van der Waals surface area contributed by atoms with Gasteiger partial charge in [0.15, 0.2) is 5.76 Å². The molecule has 2 aliphatic heterocycles. The van der Waals surface area contributed by atoms with Crippen molar-refractivity contribution in [2.75, 3.05) is 7.11 Å². The molecule has 0 spiro atoms. The molecule has 1 aromatic heterocycles. The highest BCUT2D eigenvalue weighted by Gasteiger charge is 2.46. The van der Waals surface area contributed by atoms with Gasteiger partial charge in [-0.15, -0.1) is 0 Å². The standard InChI is InChI=1S/C26H26ClN3O3/c1-16-14-29(15-28-16)23-9-4-18(12-24(23)32-3)13-25-26(31)30-21(17(2)33-25)10-11-22(30)19-5-7-20(27)8-6-19/h4-9,12-15,17,21-22H,10-11H2,1-3H3/b25-13-/t17-,21?,22?/m1/s1. The SMILES string of the molecule is COc1cc(/C=C2\O[C@H](C)C3CCC(c4ccc(Cl)cc4)N3C2=O)ccc1-n1cnc(C)c1. The first kappa shape index (κ1) is 21.6. The highest BCUT2D eigenvalue weighted by Crippen LogP contribution is 2.42. The smallest absolute Gasteiger partial charge is 0.289 e. The normalized spacial score (nSPS) is 23.5. The van der Waals surface area contributed by atoms with E-state index < -0.39 is 0 Å². The average molecular weight is 464 g/mol. The van der Waals surface area contributed by atoms with Gasteiger partial charge < -0.3 is 18.9 Å². The Hall–Kier alpha value is -3.25. The van der Waals surface area contributed by atoms with Crippen LogP contribution in [-0.2, 0) is 9.53 Å². The van der Waals surface area contributed by atoms with Crippen LogP contribution in [0.15, 0.2) is 60.7 Å². The van der Waals surface area contributed by atoms with Crippen LogP contribution in [0.2, 0.25) is 5.02 Å². The monoisotopic (exact) mass is 463 g/mol. The highest BCUT2D eigenvalue weighted by atomic mass is 35.5. The molecule has 3 aromatic rings. The second-order valence-corrected chi connectivity index (χ2v) is 9.05. The summed E-state index contributed by atoms with van der Waals surface area (Å²) in [6.07, 6.45) is 7.24. The number of aryl methyl sites for hydroxylation is 1. The molecule has 5 rings (SSSR count). The van der Waals surface area contributed by atoms with E-state index in [2.05, 4.69) is 4.98 Å². The highest BCUT2D eigenvalue weighted by molar-refractivity contribution is 6.30. The fourth-order valence-electron chi connectivity index (χ4n) is 4.86. The Balaban J connectivity index is 1.46. The zero-order valence-corrected chi connectivity index (χ0v) is 19.6. The molecule has 170 valence electrons. The molecule has 2 aliphatic rings. The zero-order valence-electron chi connectivity index (χ0n) is 18.9. The van der Waals surface area contributed by atoms with Gasteiger partial charge in [0.1, 0.15) is 11.9 Å². The summed E-state index contributed by atoms with van der Waals surface area (Å²) in [6.45, 7) is 3.98. The molecular formula is C26H26ClN3O3. The largest absolute Gasteiger partial charge is 0.495 e. The number of ether oxygens (including phenoxy) is 2. The molecule has 3 heterocycles. The van der Waals surface area contributed by atoms with Gasteiger partial charge in [-0.3, -0.25) is 4.79 Å². The molecule has 2 fully saturated rings. The Morgan fingerprint density at radius 3 is 2.67 bits per heavy atom. The van der Waals surface area contributed by atoms with E-state index in [1.54, 1.807) is 19.5 Å². The molecule has 3 atom stereocenters. The first-order chi connectivity index (χ1) is 15.9. The third kappa shape index (κ3) is 4.00. The molecule has 33 heavy (non-hydrogen) atoms. The van der Waals surface area contributed by atoms with E-state index in [9.17, 15) is 4.79 Å². The maximum absolute atomic E-state index is 13.5. The number of aromatic nitrogens is 2. The van der Waals surface area contributed by atoms with E-state index in [4.69, 9.17) is 21.1 Å². The van der Waals surface area contributed by atoms with Crippen molar-refractivity contribution in [2.24, 2.45) is 0 Å². The van der Waals surface area contributed by atoms with Gasteiger partial charge in [-0.1, -0.05) is 29.8 Å². The van der Waals surface area contributed by atoms with Gasteiger partial charge in [0.2, 0.25) is 0 Å². The number of imidazole rings is 1.